The molecule has 2 bridgehead atoms. The minimum Gasteiger partial charge on any atom is -0.338 e. The van der Waals surface area contributed by atoms with E-state index in [9.17, 15) is 4.79 Å². The van der Waals surface area contributed by atoms with Crippen LogP contribution in [0.3, 0.4) is 0 Å². The van der Waals surface area contributed by atoms with E-state index in [1.807, 2.05) is 22.6 Å². The van der Waals surface area contributed by atoms with Crippen LogP contribution in [0, 0.1) is 5.92 Å². The molecule has 1 unspecified atom stereocenters. The van der Waals surface area contributed by atoms with Gasteiger partial charge in [0, 0.05) is 43.2 Å². The molecular formula is C17H23N3OS. The van der Waals surface area contributed by atoms with E-state index in [0.29, 0.717) is 11.8 Å². The molecule has 118 valence electrons. The van der Waals surface area contributed by atoms with Gasteiger partial charge < -0.3 is 4.90 Å². The first-order valence-corrected chi connectivity index (χ1v) is 9.28. The second-order valence-electron chi connectivity index (χ2n) is 6.76. The first-order valence-electron chi connectivity index (χ1n) is 8.41. The van der Waals surface area contributed by atoms with Gasteiger partial charge in [0.15, 0.2) is 0 Å². The van der Waals surface area contributed by atoms with Crippen LogP contribution in [0.4, 0.5) is 0 Å². The number of aromatic nitrogens is 1. The Hall–Kier alpha value is -1.20. The predicted molar refractivity (Wildman–Crippen MR) is 87.9 cm³/mol. The Balaban J connectivity index is 1.44. The molecule has 4 nitrogen and oxygen atoms in total. The number of fused-ring (bicyclic) bond motifs is 3. The van der Waals surface area contributed by atoms with Crippen molar-refractivity contribution >= 4 is 17.2 Å². The quantitative estimate of drug-likeness (QED) is 0.786. The highest BCUT2D eigenvalue weighted by Crippen LogP contribution is 2.32. The van der Waals surface area contributed by atoms with Crippen molar-refractivity contribution in [1.82, 2.24) is 14.8 Å². The van der Waals surface area contributed by atoms with Crippen LogP contribution in [0.25, 0.3) is 0 Å². The topological polar surface area (TPSA) is 36.4 Å². The van der Waals surface area contributed by atoms with Gasteiger partial charge in [0.1, 0.15) is 0 Å². The minimum atomic E-state index is 0.227. The van der Waals surface area contributed by atoms with Crippen LogP contribution in [-0.2, 0) is 4.79 Å². The van der Waals surface area contributed by atoms with Crippen LogP contribution in [0.15, 0.2) is 23.2 Å². The molecule has 5 rings (SSSR count). The lowest BCUT2D eigenvalue weighted by Gasteiger charge is -2.41. The number of rotatable bonds is 2. The van der Waals surface area contributed by atoms with Crippen molar-refractivity contribution in [2.75, 3.05) is 32.7 Å². The summed E-state index contributed by atoms with van der Waals surface area (Å²) in [4.78, 5) is 21.6. The van der Waals surface area contributed by atoms with Crippen LogP contribution >= 0.6 is 11.3 Å². The summed E-state index contributed by atoms with van der Waals surface area (Å²) in [6.07, 6.45) is 8.55. The number of amides is 1. The lowest BCUT2D eigenvalue weighted by Crippen LogP contribution is -2.44. The van der Waals surface area contributed by atoms with Gasteiger partial charge in [-0.15, -0.1) is 11.3 Å². The summed E-state index contributed by atoms with van der Waals surface area (Å²) in [5, 5.41) is 3.22. The number of hydrogen-bond donors (Lipinski definition) is 0. The molecule has 4 fully saturated rings. The van der Waals surface area contributed by atoms with E-state index in [-0.39, 0.29) is 5.91 Å². The number of piperidine rings is 4. The lowest BCUT2D eigenvalue weighted by molar-refractivity contribution is -0.127. The van der Waals surface area contributed by atoms with Gasteiger partial charge >= 0.3 is 0 Å². The second kappa shape index (κ2) is 6.13. The molecule has 4 aliphatic heterocycles. The third-order valence-electron chi connectivity index (χ3n) is 5.36. The van der Waals surface area contributed by atoms with Crippen molar-refractivity contribution in [3.63, 3.8) is 0 Å². The Morgan fingerprint density at radius 1 is 1.23 bits per heavy atom. The summed E-state index contributed by atoms with van der Waals surface area (Å²) in [5.41, 5.74) is 1.37. The number of likely N-dealkylation sites (tertiary alicyclic amines) is 1. The molecule has 0 N–H and O–H groups in total. The van der Waals surface area contributed by atoms with Gasteiger partial charge in [0.25, 0.3) is 0 Å². The molecule has 1 amide bonds. The highest BCUT2D eigenvalue weighted by molar-refractivity contribution is 7.09. The van der Waals surface area contributed by atoms with E-state index >= 15 is 0 Å². The van der Waals surface area contributed by atoms with Gasteiger partial charge in [0.05, 0.1) is 5.01 Å². The molecule has 0 spiro atoms. The summed E-state index contributed by atoms with van der Waals surface area (Å²) in [6, 6.07) is 0. The largest absolute Gasteiger partial charge is 0.338 e. The number of thiazole rings is 1. The summed E-state index contributed by atoms with van der Waals surface area (Å²) in [7, 11) is 0. The van der Waals surface area contributed by atoms with Gasteiger partial charge in [-0.25, -0.2) is 4.98 Å². The molecule has 0 saturated carbocycles. The SMILES string of the molecule is O=C(/C=C1/CN2CCC1CC2)N1CCCC(c2nccs2)C1. The number of carbonyl (C=O) groups excluding carboxylic acids is 1. The lowest BCUT2D eigenvalue weighted by atomic mass is 9.83. The summed E-state index contributed by atoms with van der Waals surface area (Å²) >= 11 is 1.72. The highest BCUT2D eigenvalue weighted by Gasteiger charge is 2.31. The Kier molecular flexibility index (Phi) is 4.01. The third kappa shape index (κ3) is 2.84. The van der Waals surface area contributed by atoms with E-state index in [1.165, 1.54) is 36.5 Å². The van der Waals surface area contributed by atoms with E-state index in [4.69, 9.17) is 0 Å². The van der Waals surface area contributed by atoms with Crippen molar-refractivity contribution in [2.24, 2.45) is 5.92 Å². The molecule has 1 aromatic heterocycles. The maximum absolute atomic E-state index is 12.7. The fourth-order valence-corrected chi connectivity index (χ4v) is 4.85. The van der Waals surface area contributed by atoms with Crippen LogP contribution < -0.4 is 0 Å². The molecule has 0 radical (unpaired) electrons. The van der Waals surface area contributed by atoms with Gasteiger partial charge in [0.2, 0.25) is 5.91 Å². The van der Waals surface area contributed by atoms with Crippen molar-refractivity contribution in [1.29, 1.82) is 0 Å². The van der Waals surface area contributed by atoms with Gasteiger partial charge in [-0.2, -0.15) is 0 Å². The zero-order valence-electron chi connectivity index (χ0n) is 12.9. The fraction of sp³-hybridized carbons (Fsp3) is 0.647. The third-order valence-corrected chi connectivity index (χ3v) is 6.30. The first-order chi connectivity index (χ1) is 10.8. The number of nitrogens with zero attached hydrogens (tertiary/aromatic N) is 3. The van der Waals surface area contributed by atoms with Crippen LogP contribution in [0.2, 0.25) is 0 Å². The molecule has 1 aromatic rings. The Morgan fingerprint density at radius 2 is 2.09 bits per heavy atom. The zero-order chi connectivity index (χ0) is 14.9. The van der Waals surface area contributed by atoms with Crippen LogP contribution in [0.5, 0.6) is 0 Å². The molecule has 1 atom stereocenters. The second-order valence-corrected chi connectivity index (χ2v) is 7.69. The van der Waals surface area contributed by atoms with Crippen molar-refractivity contribution in [2.45, 2.75) is 31.6 Å². The van der Waals surface area contributed by atoms with Crippen molar-refractivity contribution in [3.8, 4) is 0 Å². The summed E-state index contributed by atoms with van der Waals surface area (Å²) < 4.78 is 0. The number of carbonyl (C=O) groups is 1. The fourth-order valence-electron chi connectivity index (χ4n) is 4.08. The average molecular weight is 317 g/mol. The Morgan fingerprint density at radius 3 is 2.77 bits per heavy atom. The van der Waals surface area contributed by atoms with Gasteiger partial charge in [-0.1, -0.05) is 0 Å². The maximum atomic E-state index is 12.7. The molecule has 5 heterocycles. The smallest absolute Gasteiger partial charge is 0.246 e. The Labute approximate surface area is 135 Å². The molecule has 0 aliphatic carbocycles. The van der Waals surface area contributed by atoms with Gasteiger partial charge in [-0.3, -0.25) is 9.69 Å². The van der Waals surface area contributed by atoms with Crippen LogP contribution in [0.1, 0.15) is 36.6 Å². The highest BCUT2D eigenvalue weighted by atomic mass is 32.1. The van der Waals surface area contributed by atoms with E-state index < -0.39 is 0 Å². The molecule has 5 heteroatoms. The van der Waals surface area contributed by atoms with Gasteiger partial charge in [-0.05, 0) is 50.3 Å². The first kappa shape index (κ1) is 14.4. The molecule has 22 heavy (non-hydrogen) atoms. The van der Waals surface area contributed by atoms with E-state index in [0.717, 1.165) is 32.5 Å². The Bertz CT molecular complexity index is 560. The van der Waals surface area contributed by atoms with Crippen molar-refractivity contribution in [3.05, 3.63) is 28.2 Å². The van der Waals surface area contributed by atoms with Crippen LogP contribution in [-0.4, -0.2) is 53.4 Å². The maximum Gasteiger partial charge on any atom is 0.246 e. The monoisotopic (exact) mass is 317 g/mol. The molecule has 4 aliphatic rings. The van der Waals surface area contributed by atoms with E-state index in [1.54, 1.807) is 11.3 Å². The summed E-state index contributed by atoms with van der Waals surface area (Å²) in [6.45, 7) is 5.18. The summed E-state index contributed by atoms with van der Waals surface area (Å²) in [5.74, 6) is 1.32. The molecular weight excluding hydrogens is 294 g/mol. The minimum absolute atomic E-state index is 0.227. The zero-order valence-corrected chi connectivity index (χ0v) is 13.7. The molecule has 0 aromatic carbocycles. The normalized spacial score (nSPS) is 33.4. The van der Waals surface area contributed by atoms with E-state index in [2.05, 4.69) is 9.88 Å². The number of hydrogen-bond acceptors (Lipinski definition) is 4. The predicted octanol–water partition coefficient (Wildman–Crippen LogP) is 2.50. The standard InChI is InChI=1S/C17H23N3OS/c21-16(10-15-11-19-7-3-13(15)4-8-19)20-6-1-2-14(12-20)17-18-5-9-22-17/h5,9-10,13-14H,1-4,6-8,11-12H2/b15-10-. The molecule has 4 saturated heterocycles. The average Bonchev–Trinajstić information content (AvgIpc) is 3.11. The van der Waals surface area contributed by atoms with Crippen molar-refractivity contribution < 1.29 is 4.79 Å².